The second-order valence-corrected chi connectivity index (χ2v) is 4.67. The Balaban J connectivity index is 2.16. The molecule has 1 heterocycles. The van der Waals surface area contributed by atoms with Crippen molar-refractivity contribution in [3.05, 3.63) is 12.3 Å². The van der Waals surface area contributed by atoms with E-state index in [-0.39, 0.29) is 0 Å². The van der Waals surface area contributed by atoms with E-state index in [1.807, 2.05) is 0 Å². The Hall–Kier alpha value is -1.36. The van der Waals surface area contributed by atoms with Gasteiger partial charge in [-0.05, 0) is 12.8 Å². The number of hydrogen-bond acceptors (Lipinski definition) is 5. The summed E-state index contributed by atoms with van der Waals surface area (Å²) in [5, 5.41) is 0. The largest absolute Gasteiger partial charge is 0.481 e. The van der Waals surface area contributed by atoms with Gasteiger partial charge in [-0.25, -0.2) is 4.98 Å². The van der Waals surface area contributed by atoms with Gasteiger partial charge < -0.3 is 15.4 Å². The Labute approximate surface area is 108 Å². The van der Waals surface area contributed by atoms with Crippen molar-refractivity contribution in [2.45, 2.75) is 38.1 Å². The van der Waals surface area contributed by atoms with Gasteiger partial charge in [-0.3, -0.25) is 0 Å². The summed E-state index contributed by atoms with van der Waals surface area (Å²) in [4.78, 5) is 11.0. The third-order valence-corrected chi connectivity index (χ3v) is 3.47. The summed E-state index contributed by atoms with van der Waals surface area (Å²) in [6.45, 7) is 1.43. The SMILES string of the molecule is COc1ccnc(N(CCN)C2CCCCC2)n1. The fourth-order valence-electron chi connectivity index (χ4n) is 2.56. The molecule has 0 saturated heterocycles. The third kappa shape index (κ3) is 3.10. The monoisotopic (exact) mass is 250 g/mol. The van der Waals surface area contributed by atoms with Crippen LogP contribution < -0.4 is 15.4 Å². The van der Waals surface area contributed by atoms with Crippen LogP contribution in [0.3, 0.4) is 0 Å². The van der Waals surface area contributed by atoms with Crippen LogP contribution in [0.5, 0.6) is 5.88 Å². The molecular formula is C13H22N4O. The van der Waals surface area contributed by atoms with E-state index in [2.05, 4.69) is 14.9 Å². The van der Waals surface area contributed by atoms with E-state index >= 15 is 0 Å². The smallest absolute Gasteiger partial charge is 0.228 e. The van der Waals surface area contributed by atoms with Gasteiger partial charge in [0.05, 0.1) is 7.11 Å². The maximum atomic E-state index is 5.72. The first-order chi connectivity index (χ1) is 8.85. The Kier molecular flexibility index (Phi) is 4.75. The molecule has 100 valence electrons. The molecule has 0 unspecified atom stereocenters. The average molecular weight is 250 g/mol. The number of anilines is 1. The number of ether oxygens (including phenoxy) is 1. The Bertz CT molecular complexity index is 366. The lowest BCUT2D eigenvalue weighted by molar-refractivity contribution is 0.389. The first-order valence-corrected chi connectivity index (χ1v) is 6.69. The summed E-state index contributed by atoms with van der Waals surface area (Å²) in [5.74, 6) is 1.35. The van der Waals surface area contributed by atoms with Crippen LogP contribution in [-0.2, 0) is 0 Å². The molecule has 1 aliphatic rings. The van der Waals surface area contributed by atoms with Gasteiger partial charge in [0.1, 0.15) is 0 Å². The third-order valence-electron chi connectivity index (χ3n) is 3.47. The molecular weight excluding hydrogens is 228 g/mol. The van der Waals surface area contributed by atoms with Crippen molar-refractivity contribution >= 4 is 5.95 Å². The predicted molar refractivity (Wildman–Crippen MR) is 71.9 cm³/mol. The fraction of sp³-hybridized carbons (Fsp3) is 0.692. The number of rotatable bonds is 5. The molecule has 0 atom stereocenters. The zero-order chi connectivity index (χ0) is 12.8. The molecule has 1 fully saturated rings. The summed E-state index contributed by atoms with van der Waals surface area (Å²) >= 11 is 0. The zero-order valence-corrected chi connectivity index (χ0v) is 11.0. The van der Waals surface area contributed by atoms with Crippen molar-refractivity contribution in [3.63, 3.8) is 0 Å². The first-order valence-electron chi connectivity index (χ1n) is 6.69. The molecule has 1 aliphatic carbocycles. The molecule has 1 saturated carbocycles. The van der Waals surface area contributed by atoms with Crippen LogP contribution in [0.1, 0.15) is 32.1 Å². The summed E-state index contributed by atoms with van der Waals surface area (Å²) in [5.41, 5.74) is 5.72. The fourth-order valence-corrected chi connectivity index (χ4v) is 2.56. The number of hydrogen-bond donors (Lipinski definition) is 1. The molecule has 2 rings (SSSR count). The molecule has 0 aromatic carbocycles. The number of methoxy groups -OCH3 is 1. The van der Waals surface area contributed by atoms with Crippen LogP contribution in [0.25, 0.3) is 0 Å². The molecule has 0 bridgehead atoms. The van der Waals surface area contributed by atoms with Gasteiger partial charge in [-0.1, -0.05) is 19.3 Å². The standard InChI is InChI=1S/C13H22N4O/c1-18-12-7-9-15-13(16-12)17(10-8-14)11-5-3-2-4-6-11/h7,9,11H,2-6,8,10,14H2,1H3. The van der Waals surface area contributed by atoms with E-state index in [1.165, 1.54) is 32.1 Å². The molecule has 0 amide bonds. The van der Waals surface area contributed by atoms with Gasteiger partial charge in [0, 0.05) is 31.4 Å². The van der Waals surface area contributed by atoms with Crippen molar-refractivity contribution in [3.8, 4) is 5.88 Å². The highest BCUT2D eigenvalue weighted by molar-refractivity contribution is 5.33. The van der Waals surface area contributed by atoms with Crippen molar-refractivity contribution in [2.24, 2.45) is 5.73 Å². The lowest BCUT2D eigenvalue weighted by Gasteiger charge is -2.34. The van der Waals surface area contributed by atoms with Crippen molar-refractivity contribution in [2.75, 3.05) is 25.1 Å². The van der Waals surface area contributed by atoms with Crippen molar-refractivity contribution in [1.29, 1.82) is 0 Å². The highest BCUT2D eigenvalue weighted by atomic mass is 16.5. The summed E-state index contributed by atoms with van der Waals surface area (Å²) in [7, 11) is 1.62. The van der Waals surface area contributed by atoms with E-state index in [1.54, 1.807) is 19.4 Å². The molecule has 0 aliphatic heterocycles. The Morgan fingerprint density at radius 2 is 2.17 bits per heavy atom. The van der Waals surface area contributed by atoms with Gasteiger partial charge >= 0.3 is 0 Å². The molecule has 0 spiro atoms. The topological polar surface area (TPSA) is 64.3 Å². The van der Waals surface area contributed by atoms with Crippen LogP contribution in [0, 0.1) is 0 Å². The van der Waals surface area contributed by atoms with Gasteiger partial charge in [-0.2, -0.15) is 4.98 Å². The minimum atomic E-state index is 0.523. The Morgan fingerprint density at radius 1 is 1.39 bits per heavy atom. The van der Waals surface area contributed by atoms with E-state index in [0.29, 0.717) is 18.5 Å². The van der Waals surface area contributed by atoms with Gasteiger partial charge in [-0.15, -0.1) is 0 Å². The summed E-state index contributed by atoms with van der Waals surface area (Å²) < 4.78 is 5.16. The predicted octanol–water partition coefficient (Wildman–Crippen LogP) is 1.58. The Morgan fingerprint density at radius 3 is 2.83 bits per heavy atom. The van der Waals surface area contributed by atoms with Crippen LogP contribution in [0.4, 0.5) is 5.95 Å². The second kappa shape index (κ2) is 6.54. The van der Waals surface area contributed by atoms with Gasteiger partial charge in [0.2, 0.25) is 11.8 Å². The molecule has 0 radical (unpaired) electrons. The quantitative estimate of drug-likeness (QED) is 0.859. The first kappa shape index (κ1) is 13.1. The maximum absolute atomic E-state index is 5.72. The highest BCUT2D eigenvalue weighted by Crippen LogP contribution is 2.25. The van der Waals surface area contributed by atoms with Gasteiger partial charge in [0.15, 0.2) is 0 Å². The molecule has 5 heteroatoms. The lowest BCUT2D eigenvalue weighted by atomic mass is 9.94. The second-order valence-electron chi connectivity index (χ2n) is 4.67. The number of nitrogens with two attached hydrogens (primary N) is 1. The van der Waals surface area contributed by atoms with E-state index in [9.17, 15) is 0 Å². The maximum Gasteiger partial charge on any atom is 0.228 e. The minimum Gasteiger partial charge on any atom is -0.481 e. The van der Waals surface area contributed by atoms with Crippen LogP contribution in [-0.4, -0.2) is 36.2 Å². The number of nitrogens with zero attached hydrogens (tertiary/aromatic N) is 3. The normalized spacial score (nSPS) is 16.6. The molecule has 1 aromatic rings. The van der Waals surface area contributed by atoms with E-state index in [0.717, 1.165) is 12.5 Å². The molecule has 1 aromatic heterocycles. The summed E-state index contributed by atoms with van der Waals surface area (Å²) in [6, 6.07) is 2.29. The van der Waals surface area contributed by atoms with E-state index in [4.69, 9.17) is 10.5 Å². The minimum absolute atomic E-state index is 0.523. The van der Waals surface area contributed by atoms with Gasteiger partial charge in [0.25, 0.3) is 0 Å². The molecule has 18 heavy (non-hydrogen) atoms. The van der Waals surface area contributed by atoms with E-state index < -0.39 is 0 Å². The summed E-state index contributed by atoms with van der Waals surface area (Å²) in [6.07, 6.45) is 8.08. The average Bonchev–Trinajstić information content (AvgIpc) is 2.46. The van der Waals surface area contributed by atoms with Crippen LogP contribution in [0.2, 0.25) is 0 Å². The van der Waals surface area contributed by atoms with Crippen molar-refractivity contribution in [1.82, 2.24) is 9.97 Å². The zero-order valence-electron chi connectivity index (χ0n) is 11.0. The highest BCUT2D eigenvalue weighted by Gasteiger charge is 2.22. The molecule has 2 N–H and O–H groups in total. The van der Waals surface area contributed by atoms with Crippen LogP contribution >= 0.6 is 0 Å². The van der Waals surface area contributed by atoms with Crippen LogP contribution in [0.15, 0.2) is 12.3 Å². The number of aromatic nitrogens is 2. The lowest BCUT2D eigenvalue weighted by Crippen LogP contribution is -2.41. The molecule has 5 nitrogen and oxygen atoms in total. The van der Waals surface area contributed by atoms with Crippen molar-refractivity contribution < 1.29 is 4.74 Å².